The van der Waals surface area contributed by atoms with E-state index in [-0.39, 0.29) is 6.42 Å². The molecule has 1 heterocycles. The van der Waals surface area contributed by atoms with E-state index in [1.807, 2.05) is 0 Å². The molecule has 0 bridgehead atoms. The molecule has 0 aliphatic carbocycles. The zero-order valence-corrected chi connectivity index (χ0v) is 10.8. The number of carboxylic acid groups (broad SMARTS) is 1. The molecule has 0 radical (unpaired) electrons. The molecule has 2 aromatic rings. The number of carboxylic acids is 1. The fourth-order valence-corrected chi connectivity index (χ4v) is 1.79. The molecule has 19 heavy (non-hydrogen) atoms. The van der Waals surface area contributed by atoms with Crippen molar-refractivity contribution in [2.24, 2.45) is 0 Å². The zero-order chi connectivity index (χ0) is 13.7. The normalized spacial score (nSPS) is 10.6. The van der Waals surface area contributed by atoms with Gasteiger partial charge in [0.15, 0.2) is 5.82 Å². The lowest BCUT2D eigenvalue weighted by Crippen LogP contribution is -2.10. The summed E-state index contributed by atoms with van der Waals surface area (Å²) in [6.07, 6.45) is 1.58. The van der Waals surface area contributed by atoms with Gasteiger partial charge in [-0.25, -0.2) is 4.68 Å². The van der Waals surface area contributed by atoms with Crippen LogP contribution in [0.2, 0.25) is 0 Å². The third-order valence-corrected chi connectivity index (χ3v) is 2.90. The first kappa shape index (κ1) is 13.2. The SMILES string of the molecule is Cc1ccc(CCc2nnnn2CCC(=O)O)cc1. The number of rotatable bonds is 6. The Balaban J connectivity index is 1.94. The molecule has 0 spiro atoms. The van der Waals surface area contributed by atoms with Gasteiger partial charge >= 0.3 is 5.97 Å². The number of benzene rings is 1. The molecule has 0 unspecified atom stereocenters. The molecule has 100 valence electrons. The lowest BCUT2D eigenvalue weighted by atomic mass is 10.1. The van der Waals surface area contributed by atoms with Crippen LogP contribution < -0.4 is 0 Å². The fourth-order valence-electron chi connectivity index (χ4n) is 1.79. The van der Waals surface area contributed by atoms with Crippen LogP contribution in [0.1, 0.15) is 23.4 Å². The standard InChI is InChI=1S/C13H16N4O2/c1-10-2-4-11(5-3-10)6-7-12-14-15-16-17(12)9-8-13(18)19/h2-5H,6-9H2,1H3,(H,18,19). The summed E-state index contributed by atoms with van der Waals surface area (Å²) in [5, 5.41) is 20.0. The van der Waals surface area contributed by atoms with Crippen LogP contribution in [0.3, 0.4) is 0 Å². The molecule has 0 aliphatic rings. The van der Waals surface area contributed by atoms with Crippen molar-refractivity contribution in [3.63, 3.8) is 0 Å². The molecule has 6 nitrogen and oxygen atoms in total. The van der Waals surface area contributed by atoms with Crippen LogP contribution in [0.4, 0.5) is 0 Å². The van der Waals surface area contributed by atoms with Gasteiger partial charge in [-0.3, -0.25) is 4.79 Å². The predicted octanol–water partition coefficient (Wildman–Crippen LogP) is 1.24. The van der Waals surface area contributed by atoms with Crippen molar-refractivity contribution in [3.8, 4) is 0 Å². The Bertz CT molecular complexity index is 548. The minimum Gasteiger partial charge on any atom is -0.481 e. The van der Waals surface area contributed by atoms with Gasteiger partial charge in [0.1, 0.15) is 0 Å². The molecule has 6 heteroatoms. The Hall–Kier alpha value is -2.24. The number of carbonyl (C=O) groups is 1. The van der Waals surface area contributed by atoms with Crippen molar-refractivity contribution < 1.29 is 9.90 Å². The van der Waals surface area contributed by atoms with E-state index >= 15 is 0 Å². The lowest BCUT2D eigenvalue weighted by Gasteiger charge is -2.03. The number of hydrogen-bond acceptors (Lipinski definition) is 4. The summed E-state index contributed by atoms with van der Waals surface area (Å²) in [6.45, 7) is 2.36. The van der Waals surface area contributed by atoms with Crippen LogP contribution in [-0.4, -0.2) is 31.3 Å². The minimum absolute atomic E-state index is 0.0303. The van der Waals surface area contributed by atoms with Crippen molar-refractivity contribution in [1.29, 1.82) is 0 Å². The molecule has 0 atom stereocenters. The Morgan fingerprint density at radius 3 is 2.68 bits per heavy atom. The second-order valence-electron chi connectivity index (χ2n) is 4.45. The second-order valence-corrected chi connectivity index (χ2v) is 4.45. The summed E-state index contributed by atoms with van der Waals surface area (Å²) in [7, 11) is 0. The summed E-state index contributed by atoms with van der Waals surface area (Å²) >= 11 is 0. The molecule has 0 fully saturated rings. The van der Waals surface area contributed by atoms with Gasteiger partial charge in [0.05, 0.1) is 13.0 Å². The molecular formula is C13H16N4O2. The van der Waals surface area contributed by atoms with Gasteiger partial charge in [0.25, 0.3) is 0 Å². The van der Waals surface area contributed by atoms with Gasteiger partial charge < -0.3 is 5.11 Å². The zero-order valence-electron chi connectivity index (χ0n) is 10.8. The van der Waals surface area contributed by atoms with Crippen LogP contribution in [0, 0.1) is 6.92 Å². The molecule has 0 saturated heterocycles. The van der Waals surface area contributed by atoms with Gasteiger partial charge in [-0.1, -0.05) is 29.8 Å². The second kappa shape index (κ2) is 6.08. The molecular weight excluding hydrogens is 244 g/mol. The number of hydrogen-bond donors (Lipinski definition) is 1. The smallest absolute Gasteiger partial charge is 0.305 e. The van der Waals surface area contributed by atoms with Crippen LogP contribution in [-0.2, 0) is 24.2 Å². The summed E-state index contributed by atoms with van der Waals surface area (Å²) in [5.41, 5.74) is 2.45. The predicted molar refractivity (Wildman–Crippen MR) is 68.7 cm³/mol. The van der Waals surface area contributed by atoms with Crippen LogP contribution >= 0.6 is 0 Å². The van der Waals surface area contributed by atoms with E-state index in [0.717, 1.165) is 12.2 Å². The van der Waals surface area contributed by atoms with E-state index in [4.69, 9.17) is 5.11 Å². The fraction of sp³-hybridized carbons (Fsp3) is 0.385. The van der Waals surface area contributed by atoms with E-state index < -0.39 is 5.97 Å². The molecule has 0 amide bonds. The number of aromatic nitrogens is 4. The third kappa shape index (κ3) is 3.87. The number of aliphatic carboxylic acids is 1. The van der Waals surface area contributed by atoms with Gasteiger partial charge in [-0.15, -0.1) is 5.10 Å². The van der Waals surface area contributed by atoms with E-state index in [2.05, 4.69) is 46.7 Å². The highest BCUT2D eigenvalue weighted by Crippen LogP contribution is 2.07. The summed E-state index contributed by atoms with van der Waals surface area (Å²) in [4.78, 5) is 10.5. The maximum absolute atomic E-state index is 10.5. The molecule has 1 aromatic carbocycles. The Kier molecular flexibility index (Phi) is 4.22. The third-order valence-electron chi connectivity index (χ3n) is 2.90. The highest BCUT2D eigenvalue weighted by molar-refractivity contribution is 5.66. The first-order valence-corrected chi connectivity index (χ1v) is 6.17. The lowest BCUT2D eigenvalue weighted by molar-refractivity contribution is -0.137. The number of nitrogens with zero attached hydrogens (tertiary/aromatic N) is 4. The highest BCUT2D eigenvalue weighted by atomic mass is 16.4. The van der Waals surface area contributed by atoms with E-state index in [0.29, 0.717) is 13.0 Å². The van der Waals surface area contributed by atoms with Crippen LogP contribution in [0.25, 0.3) is 0 Å². The van der Waals surface area contributed by atoms with Gasteiger partial charge in [0, 0.05) is 6.42 Å². The topological polar surface area (TPSA) is 80.9 Å². The summed E-state index contributed by atoms with van der Waals surface area (Å²) < 4.78 is 1.56. The van der Waals surface area contributed by atoms with E-state index in [1.54, 1.807) is 4.68 Å². The van der Waals surface area contributed by atoms with Crippen molar-refractivity contribution in [2.45, 2.75) is 32.7 Å². The van der Waals surface area contributed by atoms with Gasteiger partial charge in [-0.05, 0) is 29.3 Å². The summed E-state index contributed by atoms with van der Waals surface area (Å²) in [5.74, 6) is -0.123. The van der Waals surface area contributed by atoms with Crippen molar-refractivity contribution in [2.75, 3.05) is 0 Å². The maximum Gasteiger partial charge on any atom is 0.305 e. The first-order chi connectivity index (χ1) is 9.15. The molecule has 1 N–H and O–H groups in total. The molecule has 0 aliphatic heterocycles. The van der Waals surface area contributed by atoms with Gasteiger partial charge in [0.2, 0.25) is 0 Å². The monoisotopic (exact) mass is 260 g/mol. The van der Waals surface area contributed by atoms with Crippen molar-refractivity contribution in [1.82, 2.24) is 20.2 Å². The minimum atomic E-state index is -0.847. The Morgan fingerprint density at radius 2 is 2.00 bits per heavy atom. The molecule has 2 rings (SSSR count). The average Bonchev–Trinajstić information content (AvgIpc) is 2.83. The Morgan fingerprint density at radius 1 is 1.26 bits per heavy atom. The number of aryl methyl sites for hydroxylation is 4. The largest absolute Gasteiger partial charge is 0.481 e. The van der Waals surface area contributed by atoms with Crippen molar-refractivity contribution in [3.05, 3.63) is 41.2 Å². The van der Waals surface area contributed by atoms with Gasteiger partial charge in [-0.2, -0.15) is 0 Å². The van der Waals surface area contributed by atoms with E-state index in [1.165, 1.54) is 11.1 Å². The summed E-state index contributed by atoms with van der Waals surface area (Å²) in [6, 6.07) is 8.31. The first-order valence-electron chi connectivity index (χ1n) is 6.17. The molecule has 1 aromatic heterocycles. The van der Waals surface area contributed by atoms with E-state index in [9.17, 15) is 4.79 Å². The Labute approximate surface area is 111 Å². The quantitative estimate of drug-likeness (QED) is 0.845. The van der Waals surface area contributed by atoms with Crippen LogP contribution in [0.5, 0.6) is 0 Å². The van der Waals surface area contributed by atoms with Crippen LogP contribution in [0.15, 0.2) is 24.3 Å². The van der Waals surface area contributed by atoms with Crippen molar-refractivity contribution >= 4 is 5.97 Å². The average molecular weight is 260 g/mol. The molecule has 0 saturated carbocycles. The number of tetrazole rings is 1. The highest BCUT2D eigenvalue weighted by Gasteiger charge is 2.07. The maximum atomic E-state index is 10.5.